The highest BCUT2D eigenvalue weighted by Gasteiger charge is 2.19. The van der Waals surface area contributed by atoms with Crippen molar-refractivity contribution in [1.82, 2.24) is 10.4 Å². The fourth-order valence-electron chi connectivity index (χ4n) is 1.86. The molecule has 1 amide bonds. The minimum atomic E-state index is -2.99. The van der Waals surface area contributed by atoms with E-state index in [9.17, 15) is 13.6 Å². The summed E-state index contributed by atoms with van der Waals surface area (Å²) in [4.78, 5) is 15.9. The van der Waals surface area contributed by atoms with Gasteiger partial charge in [0.25, 0.3) is 5.91 Å². The highest BCUT2D eigenvalue weighted by Crippen LogP contribution is 2.34. The number of methoxy groups -OCH3 is 1. The molecular formula is C15H11Cl3F2N4O3. The lowest BCUT2D eigenvalue weighted by atomic mass is 10.2. The summed E-state index contributed by atoms with van der Waals surface area (Å²) < 4.78 is 33.9. The molecule has 7 nitrogen and oxygen atoms in total. The van der Waals surface area contributed by atoms with Gasteiger partial charge in [0.2, 0.25) is 0 Å². The number of nitrogens with one attached hydrogen (secondary N) is 1. The minimum Gasteiger partial charge on any atom is -0.493 e. The van der Waals surface area contributed by atoms with Crippen molar-refractivity contribution in [3.8, 4) is 11.5 Å². The van der Waals surface area contributed by atoms with Gasteiger partial charge in [-0.15, -0.1) is 0 Å². The molecule has 0 saturated heterocycles. The molecule has 27 heavy (non-hydrogen) atoms. The van der Waals surface area contributed by atoms with Crippen molar-refractivity contribution < 1.29 is 23.0 Å². The Morgan fingerprint density at radius 1 is 1.30 bits per heavy atom. The molecule has 0 spiro atoms. The molecule has 1 aromatic heterocycles. The number of amides is 1. The Hall–Kier alpha value is -2.36. The van der Waals surface area contributed by atoms with E-state index < -0.39 is 12.5 Å². The molecule has 0 atom stereocenters. The number of hydrazone groups is 1. The van der Waals surface area contributed by atoms with E-state index in [2.05, 4.69) is 20.2 Å². The zero-order valence-electron chi connectivity index (χ0n) is 13.5. The number of nitrogen functional groups attached to an aromatic ring is 1. The van der Waals surface area contributed by atoms with E-state index in [4.69, 9.17) is 45.3 Å². The van der Waals surface area contributed by atoms with Gasteiger partial charge in [0.05, 0.1) is 24.0 Å². The van der Waals surface area contributed by atoms with Gasteiger partial charge in [-0.3, -0.25) is 4.79 Å². The Bertz CT molecular complexity index is 897. The minimum absolute atomic E-state index is 0.0625. The molecule has 0 aliphatic heterocycles. The number of anilines is 1. The summed E-state index contributed by atoms with van der Waals surface area (Å²) in [6.07, 6.45) is 1.24. The summed E-state index contributed by atoms with van der Waals surface area (Å²) in [6, 6.07) is 4.08. The van der Waals surface area contributed by atoms with Crippen LogP contribution in [-0.4, -0.2) is 30.8 Å². The summed E-state index contributed by atoms with van der Waals surface area (Å²) in [6.45, 7) is -2.99. The monoisotopic (exact) mass is 438 g/mol. The number of halogens is 5. The molecule has 3 N–H and O–H groups in total. The lowest BCUT2D eigenvalue weighted by Crippen LogP contribution is -2.20. The molecule has 12 heteroatoms. The lowest BCUT2D eigenvalue weighted by Gasteiger charge is -2.10. The number of hydrogen-bond acceptors (Lipinski definition) is 6. The second-order valence-corrected chi connectivity index (χ2v) is 5.89. The van der Waals surface area contributed by atoms with Crippen LogP contribution in [-0.2, 0) is 0 Å². The average molecular weight is 440 g/mol. The van der Waals surface area contributed by atoms with Crippen LogP contribution in [0.5, 0.6) is 11.5 Å². The van der Waals surface area contributed by atoms with Gasteiger partial charge >= 0.3 is 6.61 Å². The third-order valence-corrected chi connectivity index (χ3v) is 4.21. The van der Waals surface area contributed by atoms with E-state index in [0.717, 1.165) is 0 Å². The van der Waals surface area contributed by atoms with Crippen molar-refractivity contribution in [3.05, 3.63) is 44.7 Å². The fraction of sp³-hybridized carbons (Fsp3) is 0.133. The van der Waals surface area contributed by atoms with E-state index in [1.54, 1.807) is 0 Å². The van der Waals surface area contributed by atoms with Crippen molar-refractivity contribution in [2.45, 2.75) is 6.61 Å². The van der Waals surface area contributed by atoms with Crippen LogP contribution in [0.2, 0.25) is 15.2 Å². The summed E-state index contributed by atoms with van der Waals surface area (Å²) in [7, 11) is 1.29. The largest absolute Gasteiger partial charge is 0.493 e. The van der Waals surface area contributed by atoms with Gasteiger partial charge in [-0.1, -0.05) is 34.8 Å². The number of ether oxygens (including phenoxy) is 2. The van der Waals surface area contributed by atoms with E-state index in [1.807, 2.05) is 0 Å². The quantitative estimate of drug-likeness (QED) is 0.403. The topological polar surface area (TPSA) is 98.8 Å². The first-order valence-electron chi connectivity index (χ1n) is 7.00. The standard InChI is InChI=1S/C15H11Cl3F2N4O3/c1-26-8-4-6(2-3-7(8)27-15(19)20)5-22-24-14(25)12-9(16)11(21)10(17)13(18)23-12/h2-5,15H,1H3,(H2,21,23)(H,24,25). The summed E-state index contributed by atoms with van der Waals surface area (Å²) in [5.74, 6) is -0.866. The van der Waals surface area contributed by atoms with Crippen molar-refractivity contribution >= 4 is 52.6 Å². The van der Waals surface area contributed by atoms with Crippen LogP contribution in [0.15, 0.2) is 23.3 Å². The van der Waals surface area contributed by atoms with Gasteiger partial charge in [0.1, 0.15) is 5.02 Å². The van der Waals surface area contributed by atoms with Crippen LogP contribution in [0.1, 0.15) is 16.1 Å². The Kier molecular flexibility index (Phi) is 7.00. The number of rotatable bonds is 6. The molecular weight excluding hydrogens is 429 g/mol. The number of aromatic nitrogens is 1. The molecule has 144 valence electrons. The van der Waals surface area contributed by atoms with Crippen molar-refractivity contribution in [2.75, 3.05) is 12.8 Å². The average Bonchev–Trinajstić information content (AvgIpc) is 2.63. The number of nitrogens with two attached hydrogens (primary N) is 1. The second-order valence-electron chi connectivity index (χ2n) is 4.78. The van der Waals surface area contributed by atoms with Gasteiger partial charge in [-0.05, 0) is 23.8 Å². The van der Waals surface area contributed by atoms with Gasteiger partial charge in [-0.25, -0.2) is 10.4 Å². The molecule has 0 radical (unpaired) electrons. The zero-order valence-corrected chi connectivity index (χ0v) is 15.7. The molecule has 0 saturated carbocycles. The molecule has 2 rings (SSSR count). The normalized spacial score (nSPS) is 11.1. The smallest absolute Gasteiger partial charge is 0.387 e. The molecule has 0 aliphatic rings. The molecule has 0 unspecified atom stereocenters. The van der Waals surface area contributed by atoms with Crippen LogP contribution >= 0.6 is 34.8 Å². The number of nitrogens with zero attached hydrogens (tertiary/aromatic N) is 2. The number of alkyl halides is 2. The summed E-state index contributed by atoms with van der Waals surface area (Å²) in [5, 5.41) is 3.29. The number of benzene rings is 1. The summed E-state index contributed by atoms with van der Waals surface area (Å²) >= 11 is 17.5. The first-order chi connectivity index (χ1) is 12.7. The van der Waals surface area contributed by atoms with Gasteiger partial charge in [0, 0.05) is 0 Å². The van der Waals surface area contributed by atoms with E-state index in [-0.39, 0.29) is 38.1 Å². The fourth-order valence-corrected chi connectivity index (χ4v) is 2.45. The van der Waals surface area contributed by atoms with Crippen LogP contribution < -0.4 is 20.6 Å². The van der Waals surface area contributed by atoms with Crippen molar-refractivity contribution in [1.29, 1.82) is 0 Å². The van der Waals surface area contributed by atoms with Crippen LogP contribution in [0.25, 0.3) is 0 Å². The first kappa shape index (κ1) is 20.9. The zero-order chi connectivity index (χ0) is 20.1. The molecule has 1 aromatic carbocycles. The third-order valence-electron chi connectivity index (χ3n) is 3.07. The highest BCUT2D eigenvalue weighted by molar-refractivity contribution is 6.46. The predicted octanol–water partition coefficient (Wildman–Crippen LogP) is 4.00. The second kappa shape index (κ2) is 9.03. The number of carbonyl (C=O) groups is 1. The van der Waals surface area contributed by atoms with Gasteiger partial charge in [0.15, 0.2) is 22.3 Å². The number of carbonyl (C=O) groups excluding carboxylic acids is 1. The maximum absolute atomic E-state index is 12.3. The third kappa shape index (κ3) is 5.09. The maximum atomic E-state index is 12.3. The van der Waals surface area contributed by atoms with Crippen molar-refractivity contribution in [2.24, 2.45) is 5.10 Å². The SMILES string of the molecule is COc1cc(C=NNC(=O)c2nc(Cl)c(Cl)c(N)c2Cl)ccc1OC(F)F. The highest BCUT2D eigenvalue weighted by atomic mass is 35.5. The lowest BCUT2D eigenvalue weighted by molar-refractivity contribution is -0.0512. The number of hydrogen-bond donors (Lipinski definition) is 2. The predicted molar refractivity (Wildman–Crippen MR) is 98.4 cm³/mol. The number of pyridine rings is 1. The Labute approximate surface area is 167 Å². The molecule has 0 bridgehead atoms. The van der Waals surface area contributed by atoms with E-state index >= 15 is 0 Å². The Balaban J connectivity index is 2.15. The maximum Gasteiger partial charge on any atom is 0.387 e. The first-order valence-corrected chi connectivity index (χ1v) is 8.14. The molecule has 0 fully saturated rings. The van der Waals surface area contributed by atoms with Crippen molar-refractivity contribution in [3.63, 3.8) is 0 Å². The van der Waals surface area contributed by atoms with Crippen LogP contribution in [0, 0.1) is 0 Å². The van der Waals surface area contributed by atoms with Crippen LogP contribution in [0.3, 0.4) is 0 Å². The van der Waals surface area contributed by atoms with Gasteiger partial charge < -0.3 is 15.2 Å². The molecule has 0 aliphatic carbocycles. The van der Waals surface area contributed by atoms with Crippen LogP contribution in [0.4, 0.5) is 14.5 Å². The summed E-state index contributed by atoms with van der Waals surface area (Å²) in [5.41, 5.74) is 7.89. The molecule has 2 aromatic rings. The Morgan fingerprint density at radius 3 is 2.63 bits per heavy atom. The molecule has 1 heterocycles. The van der Waals surface area contributed by atoms with E-state index in [0.29, 0.717) is 5.56 Å². The Morgan fingerprint density at radius 2 is 2.00 bits per heavy atom. The van der Waals surface area contributed by atoms with E-state index in [1.165, 1.54) is 31.5 Å². The van der Waals surface area contributed by atoms with Gasteiger partial charge in [-0.2, -0.15) is 13.9 Å².